The van der Waals surface area contributed by atoms with Crippen LogP contribution in [-0.4, -0.2) is 10.2 Å². The first kappa shape index (κ1) is 20.3. The minimum atomic E-state index is -0.342. The van der Waals surface area contributed by atoms with Crippen LogP contribution in [0.2, 0.25) is 0 Å². The second-order valence-corrected chi connectivity index (χ2v) is 7.73. The summed E-state index contributed by atoms with van der Waals surface area (Å²) in [7, 11) is 0. The molecule has 0 atom stereocenters. The summed E-state index contributed by atoms with van der Waals surface area (Å²) in [6, 6.07) is 29.0. The van der Waals surface area contributed by atoms with Gasteiger partial charge in [0.05, 0.1) is 0 Å². The van der Waals surface area contributed by atoms with Crippen molar-refractivity contribution >= 4 is 23.1 Å². The van der Waals surface area contributed by atoms with Crippen LogP contribution in [0.3, 0.4) is 0 Å². The maximum atomic E-state index is 13.0. The molecule has 1 aromatic heterocycles. The van der Waals surface area contributed by atoms with Crippen LogP contribution in [0.25, 0.3) is 34.4 Å². The van der Waals surface area contributed by atoms with Crippen LogP contribution in [0.1, 0.15) is 11.1 Å². The molecule has 0 saturated carbocycles. The molecule has 0 radical (unpaired) electrons. The second kappa shape index (κ2) is 8.52. The highest BCUT2D eigenvalue weighted by Gasteiger charge is 2.13. The zero-order valence-electron chi connectivity index (χ0n) is 17.6. The maximum absolute atomic E-state index is 13.0. The molecule has 0 spiro atoms. The zero-order chi connectivity index (χ0) is 22.8. The molecule has 0 fully saturated rings. The molecule has 0 aliphatic carbocycles. The largest absolute Gasteiger partial charge is 0.508 e. The van der Waals surface area contributed by atoms with E-state index in [2.05, 4.69) is 0 Å². The van der Waals surface area contributed by atoms with Crippen molar-refractivity contribution in [1.82, 2.24) is 0 Å². The molecule has 0 unspecified atom stereocenters. The van der Waals surface area contributed by atoms with Crippen LogP contribution < -0.4 is 15.9 Å². The molecule has 1 heterocycles. The topological polar surface area (TPSA) is 70.7 Å². The van der Waals surface area contributed by atoms with E-state index >= 15 is 0 Å². The Morgan fingerprint density at radius 3 is 1.94 bits per heavy atom. The lowest BCUT2D eigenvalue weighted by atomic mass is 10.0. The van der Waals surface area contributed by atoms with Crippen molar-refractivity contribution in [1.29, 1.82) is 0 Å². The van der Waals surface area contributed by atoms with E-state index in [4.69, 9.17) is 4.42 Å². The van der Waals surface area contributed by atoms with Gasteiger partial charge in [0.25, 0.3) is 0 Å². The van der Waals surface area contributed by atoms with E-state index in [-0.39, 0.29) is 27.9 Å². The third-order valence-electron chi connectivity index (χ3n) is 5.45. The molecule has 4 nitrogen and oxygen atoms in total. The molecule has 160 valence electrons. The van der Waals surface area contributed by atoms with Gasteiger partial charge in [-0.25, -0.2) is 0 Å². The van der Waals surface area contributed by atoms with Crippen LogP contribution in [0.5, 0.6) is 11.5 Å². The number of hydrogen-bond acceptors (Lipinski definition) is 4. The van der Waals surface area contributed by atoms with Gasteiger partial charge in [0.2, 0.25) is 0 Å². The molecule has 0 aliphatic heterocycles. The Kier molecular flexibility index (Phi) is 5.25. The van der Waals surface area contributed by atoms with E-state index in [1.54, 1.807) is 18.2 Å². The standard InChI is InChI=1S/C29H20O4/c30-23-13-11-21(12-14-23)26-18-25(31)28-27(33-26)17-22(15-19-7-3-1-4-8-19)24(29(28)32)16-20-9-5-2-6-10-20/h1-18,30,32H. The average molecular weight is 432 g/mol. The normalized spacial score (nSPS) is 12.4. The Labute approximate surface area is 189 Å². The fraction of sp³-hybridized carbons (Fsp3) is 0. The first-order valence-corrected chi connectivity index (χ1v) is 10.5. The van der Waals surface area contributed by atoms with Crippen molar-refractivity contribution < 1.29 is 14.6 Å². The maximum Gasteiger partial charge on any atom is 0.197 e. The molecule has 0 amide bonds. The zero-order valence-corrected chi connectivity index (χ0v) is 17.6. The molecule has 33 heavy (non-hydrogen) atoms. The fourth-order valence-electron chi connectivity index (χ4n) is 3.82. The number of benzene rings is 4. The van der Waals surface area contributed by atoms with Crippen LogP contribution in [0.15, 0.2) is 106 Å². The molecular formula is C29H20O4. The number of aromatic hydroxyl groups is 2. The molecule has 0 saturated heterocycles. The molecule has 2 N–H and O–H groups in total. The number of phenols is 2. The van der Waals surface area contributed by atoms with Gasteiger partial charge in [0, 0.05) is 16.8 Å². The van der Waals surface area contributed by atoms with E-state index in [9.17, 15) is 15.0 Å². The van der Waals surface area contributed by atoms with E-state index in [0.717, 1.165) is 16.3 Å². The summed E-state index contributed by atoms with van der Waals surface area (Å²) in [5.41, 5.74) is 2.46. The second-order valence-electron chi connectivity index (χ2n) is 7.73. The van der Waals surface area contributed by atoms with Gasteiger partial charge in [-0.3, -0.25) is 4.79 Å². The fourth-order valence-corrected chi connectivity index (χ4v) is 3.82. The van der Waals surface area contributed by atoms with Gasteiger partial charge >= 0.3 is 0 Å². The van der Waals surface area contributed by atoms with Gasteiger partial charge in [0.1, 0.15) is 28.2 Å². The van der Waals surface area contributed by atoms with Crippen molar-refractivity contribution in [2.45, 2.75) is 0 Å². The third-order valence-corrected chi connectivity index (χ3v) is 5.45. The lowest BCUT2D eigenvalue weighted by Crippen LogP contribution is -2.26. The van der Waals surface area contributed by atoms with Crippen molar-refractivity contribution in [3.63, 3.8) is 0 Å². The summed E-state index contributed by atoms with van der Waals surface area (Å²) in [6.45, 7) is 0. The molecule has 0 aliphatic rings. The minimum absolute atomic E-state index is 0.121. The average Bonchev–Trinajstić information content (AvgIpc) is 2.83. The van der Waals surface area contributed by atoms with Gasteiger partial charge in [-0.2, -0.15) is 0 Å². The summed E-state index contributed by atoms with van der Waals surface area (Å²) in [6.07, 6.45) is 3.80. The highest BCUT2D eigenvalue weighted by atomic mass is 16.3. The Morgan fingerprint density at radius 2 is 1.30 bits per heavy atom. The van der Waals surface area contributed by atoms with Crippen molar-refractivity contribution in [3.8, 4) is 22.8 Å². The van der Waals surface area contributed by atoms with E-state index in [0.29, 0.717) is 16.5 Å². The molecule has 5 aromatic rings. The summed E-state index contributed by atoms with van der Waals surface area (Å²) in [4.78, 5) is 13.0. The highest BCUT2D eigenvalue weighted by molar-refractivity contribution is 5.86. The van der Waals surface area contributed by atoms with E-state index in [1.807, 2.05) is 72.8 Å². The van der Waals surface area contributed by atoms with Crippen LogP contribution in [0.4, 0.5) is 0 Å². The smallest absolute Gasteiger partial charge is 0.197 e. The number of rotatable bonds is 3. The number of hydrogen-bond donors (Lipinski definition) is 2. The van der Waals surface area contributed by atoms with E-state index < -0.39 is 0 Å². The summed E-state index contributed by atoms with van der Waals surface area (Å²) < 4.78 is 6.06. The summed E-state index contributed by atoms with van der Waals surface area (Å²) in [5.74, 6) is 0.363. The first-order chi connectivity index (χ1) is 16.1. The first-order valence-electron chi connectivity index (χ1n) is 10.5. The van der Waals surface area contributed by atoms with Crippen molar-refractivity contribution in [2.24, 2.45) is 0 Å². The van der Waals surface area contributed by atoms with Crippen molar-refractivity contribution in [3.05, 3.63) is 129 Å². The van der Waals surface area contributed by atoms with Gasteiger partial charge in [-0.1, -0.05) is 60.7 Å². The van der Waals surface area contributed by atoms with Crippen LogP contribution in [0, 0.1) is 0 Å². The summed E-state index contributed by atoms with van der Waals surface area (Å²) in [5, 5.41) is 22.2. The van der Waals surface area contributed by atoms with Crippen LogP contribution >= 0.6 is 0 Å². The number of fused-ring (bicyclic) bond motifs is 1. The Balaban J connectivity index is 1.84. The Bertz CT molecular complexity index is 1620. The monoisotopic (exact) mass is 432 g/mol. The minimum Gasteiger partial charge on any atom is -0.508 e. The molecular weight excluding hydrogens is 412 g/mol. The molecule has 0 bridgehead atoms. The van der Waals surface area contributed by atoms with E-state index in [1.165, 1.54) is 18.2 Å². The third kappa shape index (κ3) is 4.14. The van der Waals surface area contributed by atoms with Gasteiger partial charge in [-0.15, -0.1) is 0 Å². The van der Waals surface area contributed by atoms with Gasteiger partial charge in [0.15, 0.2) is 5.43 Å². The molecule has 4 heteroatoms. The lowest BCUT2D eigenvalue weighted by Gasteiger charge is -2.07. The molecule has 5 rings (SSSR count). The Morgan fingerprint density at radius 1 is 0.697 bits per heavy atom. The Hall–Kier alpha value is -4.57. The predicted molar refractivity (Wildman–Crippen MR) is 131 cm³/mol. The number of phenolic OH excluding ortho intramolecular Hbond substituents is 2. The quantitative estimate of drug-likeness (QED) is 0.440. The molecule has 4 aromatic carbocycles. The highest BCUT2D eigenvalue weighted by Crippen LogP contribution is 2.25. The van der Waals surface area contributed by atoms with Crippen molar-refractivity contribution in [2.75, 3.05) is 0 Å². The predicted octanol–water partition coefficient (Wildman–Crippen LogP) is 4.53. The van der Waals surface area contributed by atoms with Crippen LogP contribution in [-0.2, 0) is 0 Å². The SMILES string of the molecule is O=c1cc(-c2ccc(O)cc2)oc2cc(=Cc3ccccc3)c(=Cc3ccccc3)c(O)c12. The summed E-state index contributed by atoms with van der Waals surface area (Å²) >= 11 is 0. The van der Waals surface area contributed by atoms with Gasteiger partial charge in [-0.05, 0) is 58.8 Å². The lowest BCUT2D eigenvalue weighted by molar-refractivity contribution is 0.474. The van der Waals surface area contributed by atoms with Gasteiger partial charge < -0.3 is 14.6 Å².